The van der Waals surface area contributed by atoms with Crippen molar-refractivity contribution in [3.05, 3.63) is 130 Å². The van der Waals surface area contributed by atoms with Crippen molar-refractivity contribution in [3.63, 3.8) is 0 Å². The van der Waals surface area contributed by atoms with Gasteiger partial charge in [-0.2, -0.15) is 5.10 Å². The molecular formula is C78H95N11O21S. The van der Waals surface area contributed by atoms with E-state index in [-0.39, 0.29) is 72.5 Å². The van der Waals surface area contributed by atoms with Crippen LogP contribution in [0.2, 0.25) is 0 Å². The summed E-state index contributed by atoms with van der Waals surface area (Å²) >= 11 is 1.38. The third-order valence-corrected chi connectivity index (χ3v) is 23.3. The fourth-order valence-corrected chi connectivity index (χ4v) is 18.9. The molecule has 111 heavy (non-hydrogen) atoms. The van der Waals surface area contributed by atoms with Crippen LogP contribution < -0.4 is 26.2 Å². The van der Waals surface area contributed by atoms with Crippen LogP contribution in [0.4, 0.5) is 21.4 Å². The fraction of sp³-hybridized carbons (Fsp3) is 0.513. The number of thiazole rings is 1. The predicted octanol–water partition coefficient (Wildman–Crippen LogP) is 3.99. The average Bonchev–Trinajstić information content (AvgIpc) is 0.823. The predicted molar refractivity (Wildman–Crippen MR) is 400 cm³/mol. The molecule has 0 spiro atoms. The number of aliphatic carboxylic acids is 1. The van der Waals surface area contributed by atoms with Gasteiger partial charge in [-0.15, -0.1) is 0 Å². The van der Waals surface area contributed by atoms with Crippen LogP contribution in [-0.4, -0.2) is 235 Å². The van der Waals surface area contributed by atoms with Gasteiger partial charge in [-0.05, 0) is 165 Å². The van der Waals surface area contributed by atoms with Crippen LogP contribution in [0.15, 0.2) is 91.1 Å². The lowest BCUT2D eigenvalue weighted by Gasteiger charge is -2.69. The van der Waals surface area contributed by atoms with E-state index < -0.39 is 140 Å². The van der Waals surface area contributed by atoms with E-state index in [1.165, 1.54) is 41.4 Å². The number of pyridine rings is 1. The molecule has 4 bridgehead atoms. The number of nitrogens with one attached hydrogen (secondary N) is 4. The van der Waals surface area contributed by atoms with Crippen molar-refractivity contribution >= 4 is 91.7 Å². The van der Waals surface area contributed by atoms with Gasteiger partial charge in [0.25, 0.3) is 17.7 Å². The molecule has 4 aliphatic carbocycles. The summed E-state index contributed by atoms with van der Waals surface area (Å²) in [5.41, 5.74) is 4.06. The first-order chi connectivity index (χ1) is 52.7. The van der Waals surface area contributed by atoms with Crippen molar-refractivity contribution in [2.45, 2.75) is 192 Å². The molecule has 13 rings (SSSR count). The molecular weight excluding hydrogens is 1460 g/mol. The summed E-state index contributed by atoms with van der Waals surface area (Å²) in [6.07, 6.45) is -6.60. The normalized spacial score (nSPS) is 25.3. The van der Waals surface area contributed by atoms with Gasteiger partial charge >= 0.3 is 18.0 Å². The number of carboxylic acid groups (broad SMARTS) is 2. The number of aliphatic hydroxyl groups is 7. The van der Waals surface area contributed by atoms with E-state index in [4.69, 9.17) is 24.3 Å². The standard InChI is InChI=1S/C78H95N11O21S/c1-41(2)61(84-58(93)31-88-59(94)20-21-60(88)95)70(102)80-42(3)68(100)81-47-16-14-46(45(28-47)15-18-55-64(97)65(98)66(99)67(110-55)72(105)106)33-108-74(107)86(25-23-53(91)63(96)54(92)32-90)26-27-109-78-37-75(5)34-76(6,38-78)36-77(35-75,39-78)40-89-43(4)50(29-79-89)48-17-19-57(83-62(48)71(103)104)87-24-22-44-10-9-11-49(51(44)30-87)69(101)85-73-82-52-12-7-8-13-56(52)111-73/h7-14,16-17,19-21,28-29,41-42,53-55,61,63-67,90-92,96-99H,15,18,22-27,30-40H2,1-6H3,(H,80,102)(H,81,100)(H,84,93)(H,103,104)(H,105,106)(H,82,85,101)/t42-,53+,54+,55-,61-,63-,64-,65+,66-,67-,75?,76?,77?,78?/m0/s1. The first-order valence-corrected chi connectivity index (χ1v) is 38.0. The average molecular weight is 1550 g/mol. The molecule has 2 unspecified atom stereocenters. The number of fused-ring (bicyclic) bond motifs is 2. The van der Waals surface area contributed by atoms with E-state index in [1.807, 2.05) is 52.9 Å². The van der Waals surface area contributed by atoms with Crippen molar-refractivity contribution in [2.75, 3.05) is 54.9 Å². The van der Waals surface area contributed by atoms with Gasteiger partial charge in [0.2, 0.25) is 17.7 Å². The number of aryl methyl sites for hydroxylation is 1. The van der Waals surface area contributed by atoms with Crippen LogP contribution in [0, 0.1) is 29.1 Å². The molecule has 594 valence electrons. The smallest absolute Gasteiger partial charge is 0.410 e. The molecule has 3 aliphatic heterocycles. The minimum Gasteiger partial charge on any atom is -0.479 e. The summed E-state index contributed by atoms with van der Waals surface area (Å²) in [5, 5.41) is 111. The maximum absolute atomic E-state index is 14.6. The second-order valence-electron chi connectivity index (χ2n) is 31.6. The molecule has 6 heterocycles. The van der Waals surface area contributed by atoms with Gasteiger partial charge in [0.15, 0.2) is 16.9 Å². The van der Waals surface area contributed by atoms with Crippen LogP contribution in [0.25, 0.3) is 21.3 Å². The van der Waals surface area contributed by atoms with Gasteiger partial charge in [0.1, 0.15) is 61.6 Å². The van der Waals surface area contributed by atoms with Crippen LogP contribution in [0.3, 0.4) is 0 Å². The molecule has 3 aromatic carbocycles. The Hall–Kier alpha value is -9.68. The number of anilines is 3. The lowest BCUT2D eigenvalue weighted by atomic mass is 9.39. The van der Waals surface area contributed by atoms with Crippen molar-refractivity contribution in [1.82, 2.24) is 40.2 Å². The fourth-order valence-electron chi connectivity index (χ4n) is 18.0. The summed E-state index contributed by atoms with van der Waals surface area (Å²) in [6, 6.07) is 18.9. The highest BCUT2D eigenvalue weighted by atomic mass is 32.1. The van der Waals surface area contributed by atoms with Gasteiger partial charge in [-0.1, -0.05) is 69.4 Å². The molecule has 4 saturated carbocycles. The molecule has 1 saturated heterocycles. The SMILES string of the molecule is Cc1c(-c2ccc(N3CCc4cccc(C(=O)Nc5nc6ccccc6s5)c4C3)nc2C(=O)O)cnn1CC12CC3(C)CC(C)(C1)CC(OCCN(CC[C@@H](O)[C@H](O)[C@H](O)CO)C(=O)OCc1ccc(NC(=O)[C@H](C)NC(=O)[C@@H](NC(=O)CN4C(=O)C=CC4=O)C(C)C)cc1CC[C@@H]1O[C@H](C(=O)O)[C@@H](O)[C@H](O)[C@H]1O)(C3)C2. The summed E-state index contributed by atoms with van der Waals surface area (Å²) in [5.74, 6) is -6.91. The van der Waals surface area contributed by atoms with Crippen LogP contribution in [0.1, 0.15) is 135 Å². The zero-order valence-corrected chi connectivity index (χ0v) is 63.2. The van der Waals surface area contributed by atoms with E-state index in [0.29, 0.717) is 89.0 Å². The molecule has 3 aromatic heterocycles. The number of carboxylic acids is 2. The maximum atomic E-state index is 14.6. The van der Waals surface area contributed by atoms with E-state index >= 15 is 0 Å². The third kappa shape index (κ3) is 17.8. The number of aliphatic hydroxyl groups excluding tert-OH is 7. The highest BCUT2D eigenvalue weighted by molar-refractivity contribution is 7.22. The lowest BCUT2D eigenvalue weighted by Crippen LogP contribution is -2.64. The molecule has 13 N–H and O–H groups in total. The summed E-state index contributed by atoms with van der Waals surface area (Å²) in [6.45, 7) is 10.1. The Kier molecular flexibility index (Phi) is 24.0. The Morgan fingerprint density at radius 3 is 2.21 bits per heavy atom. The molecule has 7 amide bonds. The second kappa shape index (κ2) is 32.9. The molecule has 7 aliphatic rings. The Bertz CT molecular complexity index is 4530. The van der Waals surface area contributed by atoms with Gasteiger partial charge in [-0.25, -0.2) is 24.4 Å². The van der Waals surface area contributed by atoms with Gasteiger partial charge in [-0.3, -0.25) is 43.7 Å². The number of amides is 7. The van der Waals surface area contributed by atoms with Crippen LogP contribution in [0.5, 0.6) is 0 Å². The number of benzene rings is 3. The summed E-state index contributed by atoms with van der Waals surface area (Å²) in [4.78, 5) is 132. The van der Waals surface area contributed by atoms with Crippen LogP contribution in [-0.2, 0) is 75.5 Å². The zero-order chi connectivity index (χ0) is 79.8. The van der Waals surface area contributed by atoms with Gasteiger partial charge in [0.05, 0.1) is 47.4 Å². The Labute approximate surface area is 642 Å². The number of ether oxygens (including phenoxy) is 3. The largest absolute Gasteiger partial charge is 0.479 e. The van der Waals surface area contributed by atoms with E-state index in [1.54, 1.807) is 38.2 Å². The molecule has 5 fully saturated rings. The Balaban J connectivity index is 0.733. The minimum atomic E-state index is -1.97. The Morgan fingerprint density at radius 2 is 1.51 bits per heavy atom. The molecule has 0 radical (unpaired) electrons. The van der Waals surface area contributed by atoms with Crippen LogP contribution >= 0.6 is 11.3 Å². The van der Waals surface area contributed by atoms with Gasteiger partial charge < -0.3 is 85.9 Å². The second-order valence-corrected chi connectivity index (χ2v) is 32.6. The summed E-state index contributed by atoms with van der Waals surface area (Å²) in [7, 11) is 0. The first-order valence-electron chi connectivity index (χ1n) is 37.1. The number of aromatic nitrogens is 4. The van der Waals surface area contributed by atoms with Crippen molar-refractivity contribution in [3.8, 4) is 11.1 Å². The monoisotopic (exact) mass is 1550 g/mol. The number of nitrogens with zero attached hydrogens (tertiary/aromatic N) is 7. The number of carbonyl (C=O) groups is 9. The Morgan fingerprint density at radius 1 is 0.784 bits per heavy atom. The van der Waals surface area contributed by atoms with Crippen molar-refractivity contribution < 1.29 is 103 Å². The van der Waals surface area contributed by atoms with E-state index in [9.17, 15) is 89.1 Å². The quantitative estimate of drug-likeness (QED) is 0.0274. The van der Waals surface area contributed by atoms with E-state index in [0.717, 1.165) is 58.5 Å². The number of hydrogen-bond acceptors (Lipinski definition) is 24. The molecule has 12 atom stereocenters. The van der Waals surface area contributed by atoms with Crippen molar-refractivity contribution in [2.24, 2.45) is 22.2 Å². The topological polar surface area (TPSA) is 465 Å². The molecule has 33 heteroatoms. The minimum absolute atomic E-state index is 0.0273. The highest BCUT2D eigenvalue weighted by Crippen LogP contribution is 2.72. The van der Waals surface area contributed by atoms with E-state index in [2.05, 4.69) is 40.1 Å². The lowest BCUT2D eigenvalue weighted by molar-refractivity contribution is -0.248. The maximum Gasteiger partial charge on any atom is 0.410 e. The molecule has 6 aromatic rings. The zero-order valence-electron chi connectivity index (χ0n) is 62.4. The summed E-state index contributed by atoms with van der Waals surface area (Å²) < 4.78 is 21.6. The van der Waals surface area contributed by atoms with Crippen molar-refractivity contribution in [1.29, 1.82) is 0 Å². The number of para-hydroxylation sites is 1. The number of carbonyl (C=O) groups excluding carboxylic acids is 7. The number of imide groups is 1. The highest BCUT2D eigenvalue weighted by Gasteiger charge is 2.66. The molecule has 32 nitrogen and oxygen atoms in total. The van der Waals surface area contributed by atoms with Gasteiger partial charge in [0, 0.05) is 72.9 Å². The number of aromatic carboxylic acids is 1. The third-order valence-electron chi connectivity index (χ3n) is 22.4. The number of rotatable bonds is 31. The number of hydrogen-bond donors (Lipinski definition) is 13. The first kappa shape index (κ1) is 80.8.